The van der Waals surface area contributed by atoms with Gasteiger partial charge >= 0.3 is 6.09 Å². The summed E-state index contributed by atoms with van der Waals surface area (Å²) >= 11 is 0. The predicted octanol–water partition coefficient (Wildman–Crippen LogP) is 2.73. The maximum Gasteiger partial charge on any atom is 0.407 e. The summed E-state index contributed by atoms with van der Waals surface area (Å²) in [6.45, 7) is 5.57. The summed E-state index contributed by atoms with van der Waals surface area (Å²) in [6.07, 6.45) is 4.89. The molecule has 0 spiro atoms. The average molecular weight is 330 g/mol. The molecule has 0 saturated heterocycles. The lowest BCUT2D eigenvalue weighted by atomic mass is 10.2. The van der Waals surface area contributed by atoms with Crippen molar-refractivity contribution in [2.24, 2.45) is 0 Å². The topological polar surface area (TPSA) is 85.2 Å². The van der Waals surface area contributed by atoms with Gasteiger partial charge in [0.25, 0.3) is 0 Å². The molecule has 0 saturated carbocycles. The van der Waals surface area contributed by atoms with Crippen LogP contribution in [0.2, 0.25) is 0 Å². The Labute approximate surface area is 141 Å². The molecule has 7 heteroatoms. The Bertz CT molecular complexity index is 673. The molecule has 2 amide bonds. The highest BCUT2D eigenvalue weighted by Crippen LogP contribution is 2.13. The van der Waals surface area contributed by atoms with Crippen LogP contribution in [0.5, 0.6) is 0 Å². The Morgan fingerprint density at radius 2 is 1.92 bits per heavy atom. The summed E-state index contributed by atoms with van der Waals surface area (Å²) in [5.41, 5.74) is 1.10. The number of nitrogens with zero attached hydrogens (tertiary/aromatic N) is 2. The number of hydrogen-bond donors (Lipinski definition) is 2. The van der Waals surface area contributed by atoms with E-state index in [-0.39, 0.29) is 18.9 Å². The SMILES string of the molecule is CC(C)(C)OC(=O)NCCC(=O)Nc1ccc(-n2ccnc2)cc1. The van der Waals surface area contributed by atoms with Gasteiger partial charge in [0.05, 0.1) is 6.33 Å². The van der Waals surface area contributed by atoms with E-state index in [2.05, 4.69) is 15.6 Å². The fourth-order valence-corrected chi connectivity index (χ4v) is 1.94. The van der Waals surface area contributed by atoms with Crippen molar-refractivity contribution >= 4 is 17.7 Å². The molecule has 0 atom stereocenters. The minimum Gasteiger partial charge on any atom is -0.444 e. The molecule has 1 aromatic carbocycles. The number of alkyl carbamates (subject to hydrolysis) is 1. The number of benzene rings is 1. The fraction of sp³-hybridized carbons (Fsp3) is 0.353. The van der Waals surface area contributed by atoms with Gasteiger partial charge in [-0.15, -0.1) is 0 Å². The molecule has 2 N–H and O–H groups in total. The van der Waals surface area contributed by atoms with Gasteiger partial charge in [-0.05, 0) is 45.0 Å². The van der Waals surface area contributed by atoms with Crippen molar-refractivity contribution in [3.05, 3.63) is 43.0 Å². The zero-order chi connectivity index (χ0) is 17.6. The number of aromatic nitrogens is 2. The minimum absolute atomic E-state index is 0.169. The molecule has 0 bridgehead atoms. The highest BCUT2D eigenvalue weighted by atomic mass is 16.6. The fourth-order valence-electron chi connectivity index (χ4n) is 1.94. The van der Waals surface area contributed by atoms with Crippen molar-refractivity contribution in [2.75, 3.05) is 11.9 Å². The molecule has 24 heavy (non-hydrogen) atoms. The summed E-state index contributed by atoms with van der Waals surface area (Å²) in [5.74, 6) is -0.179. The molecule has 0 aliphatic rings. The maximum atomic E-state index is 11.9. The van der Waals surface area contributed by atoms with Crippen LogP contribution in [0.3, 0.4) is 0 Å². The summed E-state index contributed by atoms with van der Waals surface area (Å²) in [4.78, 5) is 27.3. The molecule has 0 fully saturated rings. The Morgan fingerprint density at radius 1 is 1.21 bits per heavy atom. The summed E-state index contributed by atoms with van der Waals surface area (Å²) in [7, 11) is 0. The molecule has 0 aliphatic carbocycles. The number of imidazole rings is 1. The van der Waals surface area contributed by atoms with E-state index in [1.807, 2.05) is 35.0 Å². The van der Waals surface area contributed by atoms with E-state index in [0.717, 1.165) is 5.69 Å². The second-order valence-electron chi connectivity index (χ2n) is 6.24. The number of hydrogen-bond acceptors (Lipinski definition) is 4. The van der Waals surface area contributed by atoms with Crippen molar-refractivity contribution in [3.8, 4) is 5.69 Å². The normalized spacial score (nSPS) is 11.0. The first kappa shape index (κ1) is 17.5. The zero-order valence-electron chi connectivity index (χ0n) is 14.1. The molecule has 2 rings (SSSR count). The molecule has 0 unspecified atom stereocenters. The lowest BCUT2D eigenvalue weighted by Crippen LogP contribution is -2.34. The number of amides is 2. The molecule has 0 radical (unpaired) electrons. The van der Waals surface area contributed by atoms with Gasteiger partial charge in [-0.1, -0.05) is 0 Å². The highest BCUT2D eigenvalue weighted by molar-refractivity contribution is 5.91. The molecule has 2 aromatic rings. The molecule has 1 aromatic heterocycles. The van der Waals surface area contributed by atoms with Gasteiger partial charge in [0, 0.05) is 36.7 Å². The van der Waals surface area contributed by atoms with Crippen LogP contribution in [0.15, 0.2) is 43.0 Å². The first-order valence-electron chi connectivity index (χ1n) is 7.68. The number of nitrogens with one attached hydrogen (secondary N) is 2. The van der Waals surface area contributed by atoms with Crippen LogP contribution < -0.4 is 10.6 Å². The third-order valence-corrected chi connectivity index (χ3v) is 2.97. The quantitative estimate of drug-likeness (QED) is 0.883. The van der Waals surface area contributed by atoms with Gasteiger partial charge in [0.15, 0.2) is 0 Å². The monoisotopic (exact) mass is 330 g/mol. The summed E-state index contributed by atoms with van der Waals surface area (Å²) in [6, 6.07) is 7.40. The van der Waals surface area contributed by atoms with Crippen LogP contribution in [0.25, 0.3) is 5.69 Å². The first-order chi connectivity index (χ1) is 11.3. The summed E-state index contributed by atoms with van der Waals surface area (Å²) in [5, 5.41) is 5.33. The van der Waals surface area contributed by atoms with Crippen LogP contribution in [0, 0.1) is 0 Å². The van der Waals surface area contributed by atoms with Gasteiger partial charge in [-0.2, -0.15) is 0 Å². The van der Waals surface area contributed by atoms with Gasteiger partial charge in [-0.3, -0.25) is 4.79 Å². The lowest BCUT2D eigenvalue weighted by molar-refractivity contribution is -0.116. The van der Waals surface area contributed by atoms with Gasteiger partial charge in [-0.25, -0.2) is 9.78 Å². The zero-order valence-corrected chi connectivity index (χ0v) is 14.1. The number of carbonyl (C=O) groups excluding carboxylic acids is 2. The van der Waals surface area contributed by atoms with E-state index in [4.69, 9.17) is 4.74 Å². The van der Waals surface area contributed by atoms with Crippen molar-refractivity contribution in [1.29, 1.82) is 0 Å². The van der Waals surface area contributed by atoms with Gasteiger partial charge in [0.2, 0.25) is 5.91 Å². The Hall–Kier alpha value is -2.83. The van der Waals surface area contributed by atoms with E-state index in [0.29, 0.717) is 5.69 Å². The third-order valence-electron chi connectivity index (χ3n) is 2.97. The second-order valence-corrected chi connectivity index (χ2v) is 6.24. The maximum absolute atomic E-state index is 11.9. The summed E-state index contributed by atoms with van der Waals surface area (Å²) < 4.78 is 6.97. The second kappa shape index (κ2) is 7.63. The first-order valence-corrected chi connectivity index (χ1v) is 7.68. The van der Waals surface area contributed by atoms with Crippen LogP contribution >= 0.6 is 0 Å². The van der Waals surface area contributed by atoms with Crippen molar-refractivity contribution in [2.45, 2.75) is 32.8 Å². The minimum atomic E-state index is -0.552. The average Bonchev–Trinajstić information content (AvgIpc) is 3.00. The van der Waals surface area contributed by atoms with Crippen molar-refractivity contribution in [3.63, 3.8) is 0 Å². The predicted molar refractivity (Wildman–Crippen MR) is 91.0 cm³/mol. The molecule has 0 aliphatic heterocycles. The molecule has 7 nitrogen and oxygen atoms in total. The molecular formula is C17H22N4O3. The van der Waals surface area contributed by atoms with Crippen LogP contribution in [0.4, 0.5) is 10.5 Å². The van der Waals surface area contributed by atoms with Gasteiger partial charge in [0.1, 0.15) is 5.60 Å². The Kier molecular flexibility index (Phi) is 5.57. The number of carbonyl (C=O) groups is 2. The van der Waals surface area contributed by atoms with Crippen LogP contribution in [-0.2, 0) is 9.53 Å². The van der Waals surface area contributed by atoms with Gasteiger partial charge < -0.3 is 19.9 Å². The van der Waals surface area contributed by atoms with Crippen LogP contribution in [0.1, 0.15) is 27.2 Å². The largest absolute Gasteiger partial charge is 0.444 e. The number of rotatable bonds is 5. The van der Waals surface area contributed by atoms with E-state index < -0.39 is 11.7 Å². The van der Waals surface area contributed by atoms with Crippen molar-refractivity contribution in [1.82, 2.24) is 14.9 Å². The van der Waals surface area contributed by atoms with Crippen molar-refractivity contribution < 1.29 is 14.3 Å². The Morgan fingerprint density at radius 3 is 2.50 bits per heavy atom. The Balaban J connectivity index is 1.75. The highest BCUT2D eigenvalue weighted by Gasteiger charge is 2.15. The third kappa shape index (κ3) is 5.75. The molecule has 128 valence electrons. The lowest BCUT2D eigenvalue weighted by Gasteiger charge is -2.19. The van der Waals surface area contributed by atoms with Crippen LogP contribution in [-0.4, -0.2) is 33.7 Å². The van der Waals surface area contributed by atoms with E-state index in [1.165, 1.54) is 0 Å². The smallest absolute Gasteiger partial charge is 0.407 e. The standard InChI is InChI=1S/C17H22N4O3/c1-17(2,3)24-16(23)19-9-8-15(22)20-13-4-6-14(7-5-13)21-11-10-18-12-21/h4-7,10-12H,8-9H2,1-3H3,(H,19,23)(H,20,22). The molecule has 1 heterocycles. The molecular weight excluding hydrogens is 308 g/mol. The number of ether oxygens (including phenoxy) is 1. The van der Waals surface area contributed by atoms with E-state index in [1.54, 1.807) is 33.3 Å². The number of anilines is 1. The van der Waals surface area contributed by atoms with E-state index >= 15 is 0 Å². The van der Waals surface area contributed by atoms with E-state index in [9.17, 15) is 9.59 Å².